The summed E-state index contributed by atoms with van der Waals surface area (Å²) in [6.07, 6.45) is 1.22. The van der Waals surface area contributed by atoms with Crippen molar-refractivity contribution in [2.24, 2.45) is 11.1 Å². The van der Waals surface area contributed by atoms with Crippen molar-refractivity contribution in [3.63, 3.8) is 0 Å². The van der Waals surface area contributed by atoms with Crippen LogP contribution < -0.4 is 10.5 Å². The highest BCUT2D eigenvalue weighted by atomic mass is 32.2. The molecular formula is C17H28N2OS. The highest BCUT2D eigenvalue weighted by Crippen LogP contribution is 2.45. The van der Waals surface area contributed by atoms with Gasteiger partial charge in [-0.3, -0.25) is 4.90 Å². The Morgan fingerprint density at radius 1 is 1.38 bits per heavy atom. The molecule has 0 aliphatic carbocycles. The second-order valence-electron chi connectivity index (χ2n) is 6.63. The van der Waals surface area contributed by atoms with Gasteiger partial charge in [-0.25, -0.2) is 0 Å². The van der Waals surface area contributed by atoms with E-state index < -0.39 is 0 Å². The fraction of sp³-hybridized carbons (Fsp3) is 0.647. The lowest BCUT2D eigenvalue weighted by Gasteiger charge is -2.54. The summed E-state index contributed by atoms with van der Waals surface area (Å²) in [7, 11) is 3.92. The first-order chi connectivity index (χ1) is 9.95. The third kappa shape index (κ3) is 3.22. The van der Waals surface area contributed by atoms with Crippen molar-refractivity contribution in [1.29, 1.82) is 0 Å². The first kappa shape index (κ1) is 16.7. The summed E-state index contributed by atoms with van der Waals surface area (Å²) in [4.78, 5) is 2.45. The average molecular weight is 308 g/mol. The lowest BCUT2D eigenvalue weighted by atomic mass is 9.69. The second kappa shape index (κ2) is 6.59. The summed E-state index contributed by atoms with van der Waals surface area (Å²) in [6.45, 7) is 6.33. The van der Waals surface area contributed by atoms with Gasteiger partial charge in [0.05, 0.1) is 7.11 Å². The Bertz CT molecular complexity index is 478. The van der Waals surface area contributed by atoms with Crippen LogP contribution in [0, 0.1) is 5.41 Å². The molecule has 0 spiro atoms. The van der Waals surface area contributed by atoms with E-state index in [0.717, 1.165) is 18.0 Å². The molecule has 1 aromatic rings. The van der Waals surface area contributed by atoms with E-state index in [1.165, 1.54) is 17.7 Å². The summed E-state index contributed by atoms with van der Waals surface area (Å²) >= 11 is 2.03. The summed E-state index contributed by atoms with van der Waals surface area (Å²) in [5, 5.41) is 0. The molecule has 2 N–H and O–H groups in total. The van der Waals surface area contributed by atoms with Crippen LogP contribution >= 0.6 is 11.8 Å². The number of nitrogens with two attached hydrogens (primary N) is 1. The Hall–Kier alpha value is -0.710. The summed E-state index contributed by atoms with van der Waals surface area (Å²) in [6, 6.07) is 8.32. The van der Waals surface area contributed by atoms with Crippen LogP contribution in [-0.2, 0) is 6.54 Å². The van der Waals surface area contributed by atoms with Crippen molar-refractivity contribution in [2.75, 3.05) is 32.2 Å². The largest absolute Gasteiger partial charge is 0.497 e. The quantitative estimate of drug-likeness (QED) is 0.907. The van der Waals surface area contributed by atoms with Crippen LogP contribution in [0.5, 0.6) is 5.75 Å². The SMILES string of the molecule is COc1cccc(CN(C)C2(CN)CSCCC2(C)C)c1. The van der Waals surface area contributed by atoms with Gasteiger partial charge in [0.15, 0.2) is 0 Å². The fourth-order valence-electron chi connectivity index (χ4n) is 3.31. The van der Waals surface area contributed by atoms with Crippen LogP contribution in [0.1, 0.15) is 25.8 Å². The first-order valence-corrected chi connectivity index (χ1v) is 8.73. The van der Waals surface area contributed by atoms with E-state index in [4.69, 9.17) is 10.5 Å². The van der Waals surface area contributed by atoms with Gasteiger partial charge in [0.25, 0.3) is 0 Å². The molecule has 1 saturated heterocycles. The Kier molecular flexibility index (Phi) is 5.23. The molecule has 0 radical (unpaired) electrons. The number of rotatable bonds is 5. The highest BCUT2D eigenvalue weighted by Gasteiger charge is 2.48. The molecule has 0 saturated carbocycles. The lowest BCUT2D eigenvalue weighted by Crippen LogP contribution is -2.64. The van der Waals surface area contributed by atoms with Gasteiger partial charge in [-0.1, -0.05) is 26.0 Å². The van der Waals surface area contributed by atoms with Crippen LogP contribution in [-0.4, -0.2) is 42.6 Å². The lowest BCUT2D eigenvalue weighted by molar-refractivity contribution is 0.0147. The minimum Gasteiger partial charge on any atom is -0.497 e. The van der Waals surface area contributed by atoms with Crippen LogP contribution in [0.4, 0.5) is 0 Å². The number of ether oxygens (including phenoxy) is 1. The third-order valence-electron chi connectivity index (χ3n) is 5.09. The number of methoxy groups -OCH3 is 1. The van der Waals surface area contributed by atoms with Crippen molar-refractivity contribution in [1.82, 2.24) is 4.90 Å². The van der Waals surface area contributed by atoms with Gasteiger partial charge < -0.3 is 10.5 Å². The van der Waals surface area contributed by atoms with E-state index in [9.17, 15) is 0 Å². The molecule has 1 aromatic carbocycles. The minimum absolute atomic E-state index is 0.0546. The van der Waals surface area contributed by atoms with Crippen LogP contribution in [0.15, 0.2) is 24.3 Å². The number of likely N-dealkylation sites (N-methyl/N-ethyl adjacent to an activating group) is 1. The number of nitrogens with zero attached hydrogens (tertiary/aromatic N) is 1. The number of benzene rings is 1. The zero-order chi connectivity index (χ0) is 15.5. The van der Waals surface area contributed by atoms with Gasteiger partial charge in [-0.15, -0.1) is 0 Å². The fourth-order valence-corrected chi connectivity index (χ4v) is 5.18. The monoisotopic (exact) mass is 308 g/mol. The van der Waals surface area contributed by atoms with Gasteiger partial charge in [-0.05, 0) is 42.3 Å². The second-order valence-corrected chi connectivity index (χ2v) is 7.73. The molecule has 1 atom stereocenters. The molecule has 4 heteroatoms. The van der Waals surface area contributed by atoms with Crippen molar-refractivity contribution >= 4 is 11.8 Å². The topological polar surface area (TPSA) is 38.5 Å². The van der Waals surface area contributed by atoms with Crippen molar-refractivity contribution < 1.29 is 4.74 Å². The van der Waals surface area contributed by atoms with Crippen LogP contribution in [0.2, 0.25) is 0 Å². The zero-order valence-electron chi connectivity index (χ0n) is 13.7. The molecule has 1 heterocycles. The Balaban J connectivity index is 2.21. The summed E-state index contributed by atoms with van der Waals surface area (Å²) < 4.78 is 5.33. The van der Waals surface area contributed by atoms with E-state index in [2.05, 4.69) is 44.0 Å². The molecule has 0 amide bonds. The predicted molar refractivity (Wildman–Crippen MR) is 92.0 cm³/mol. The maximum Gasteiger partial charge on any atom is 0.119 e. The van der Waals surface area contributed by atoms with Crippen LogP contribution in [0.25, 0.3) is 0 Å². The number of hydrogen-bond acceptors (Lipinski definition) is 4. The summed E-state index contributed by atoms with van der Waals surface area (Å²) in [5.74, 6) is 3.26. The number of hydrogen-bond donors (Lipinski definition) is 1. The molecule has 21 heavy (non-hydrogen) atoms. The van der Waals surface area contributed by atoms with Crippen LogP contribution in [0.3, 0.4) is 0 Å². The normalized spacial score (nSPS) is 25.0. The average Bonchev–Trinajstić information content (AvgIpc) is 2.47. The predicted octanol–water partition coefficient (Wildman–Crippen LogP) is 2.99. The Morgan fingerprint density at radius 3 is 2.76 bits per heavy atom. The molecule has 118 valence electrons. The highest BCUT2D eigenvalue weighted by molar-refractivity contribution is 7.99. The molecule has 0 bridgehead atoms. The maximum atomic E-state index is 6.24. The first-order valence-electron chi connectivity index (χ1n) is 7.57. The number of thioether (sulfide) groups is 1. The maximum absolute atomic E-state index is 6.24. The molecule has 0 aromatic heterocycles. The van der Waals surface area contributed by atoms with Crippen molar-refractivity contribution in [3.8, 4) is 5.75 Å². The standard InChI is InChI=1S/C17H28N2OS/c1-16(2)8-9-21-13-17(16,12-18)19(3)11-14-6-5-7-15(10-14)20-4/h5-7,10H,8-9,11-13,18H2,1-4H3. The molecule has 1 aliphatic heterocycles. The van der Waals surface area contributed by atoms with Gasteiger partial charge >= 0.3 is 0 Å². The van der Waals surface area contributed by atoms with Gasteiger partial charge in [-0.2, -0.15) is 11.8 Å². The minimum atomic E-state index is 0.0546. The van der Waals surface area contributed by atoms with Gasteiger partial charge in [0.2, 0.25) is 0 Å². The van der Waals surface area contributed by atoms with E-state index in [1.807, 2.05) is 17.8 Å². The van der Waals surface area contributed by atoms with E-state index >= 15 is 0 Å². The Morgan fingerprint density at radius 2 is 2.14 bits per heavy atom. The molecule has 1 aliphatic rings. The molecule has 1 unspecified atom stereocenters. The van der Waals surface area contributed by atoms with Crippen molar-refractivity contribution in [2.45, 2.75) is 32.4 Å². The smallest absolute Gasteiger partial charge is 0.119 e. The Labute approximate surface area is 133 Å². The molecule has 2 rings (SSSR count). The molecular weight excluding hydrogens is 280 g/mol. The van der Waals surface area contributed by atoms with E-state index in [0.29, 0.717) is 6.54 Å². The molecule has 3 nitrogen and oxygen atoms in total. The molecule has 1 fully saturated rings. The van der Waals surface area contributed by atoms with E-state index in [-0.39, 0.29) is 11.0 Å². The summed E-state index contributed by atoms with van der Waals surface area (Å²) in [5.41, 5.74) is 7.81. The van der Waals surface area contributed by atoms with Gasteiger partial charge in [0, 0.05) is 24.4 Å². The third-order valence-corrected chi connectivity index (χ3v) is 6.27. The van der Waals surface area contributed by atoms with Gasteiger partial charge in [0.1, 0.15) is 5.75 Å². The van der Waals surface area contributed by atoms with Crippen molar-refractivity contribution in [3.05, 3.63) is 29.8 Å². The van der Waals surface area contributed by atoms with E-state index in [1.54, 1.807) is 7.11 Å². The zero-order valence-corrected chi connectivity index (χ0v) is 14.5.